The summed E-state index contributed by atoms with van der Waals surface area (Å²) in [5.41, 5.74) is 5.75. The van der Waals surface area contributed by atoms with Crippen molar-refractivity contribution in [3.8, 4) is 11.3 Å². The van der Waals surface area contributed by atoms with Gasteiger partial charge in [0, 0.05) is 16.0 Å². The predicted molar refractivity (Wildman–Crippen MR) is 115 cm³/mol. The number of rotatable bonds is 5. The summed E-state index contributed by atoms with van der Waals surface area (Å²) in [7, 11) is -3.77. The van der Waals surface area contributed by atoms with Gasteiger partial charge in [-0.05, 0) is 37.3 Å². The summed E-state index contributed by atoms with van der Waals surface area (Å²) in [5.74, 6) is 0.134. The Labute approximate surface area is 173 Å². The number of fused-ring (bicyclic) bond motifs is 1. The van der Waals surface area contributed by atoms with Gasteiger partial charge in [0.15, 0.2) is 0 Å². The molecule has 4 rings (SSSR count). The largest absolute Gasteiger partial charge is 0.276 e. The Kier molecular flexibility index (Phi) is 5.19. The van der Waals surface area contributed by atoms with E-state index in [4.69, 9.17) is 11.6 Å². The van der Waals surface area contributed by atoms with Gasteiger partial charge in [0.2, 0.25) is 5.95 Å². The van der Waals surface area contributed by atoms with Gasteiger partial charge in [0.1, 0.15) is 0 Å². The lowest BCUT2D eigenvalue weighted by molar-refractivity contribution is 0.587. The van der Waals surface area contributed by atoms with Crippen molar-refractivity contribution in [3.05, 3.63) is 83.4 Å². The Morgan fingerprint density at radius 2 is 1.62 bits per heavy atom. The maximum Gasteiger partial charge on any atom is 0.257 e. The lowest BCUT2D eigenvalue weighted by Gasteiger charge is -2.12. The molecule has 0 fully saturated rings. The van der Waals surface area contributed by atoms with Crippen molar-refractivity contribution in [3.63, 3.8) is 0 Å². The Hall–Kier alpha value is -3.00. The average molecular weight is 425 g/mol. The van der Waals surface area contributed by atoms with Gasteiger partial charge in [-0.25, -0.2) is 18.4 Å². The van der Waals surface area contributed by atoms with Crippen molar-refractivity contribution in [2.45, 2.75) is 11.8 Å². The molecular formula is C21H17ClN4O2S. The van der Waals surface area contributed by atoms with Gasteiger partial charge < -0.3 is 0 Å². The highest BCUT2D eigenvalue weighted by Crippen LogP contribution is 2.29. The van der Waals surface area contributed by atoms with Gasteiger partial charge in [0.25, 0.3) is 10.0 Å². The minimum atomic E-state index is -3.77. The van der Waals surface area contributed by atoms with E-state index >= 15 is 0 Å². The number of hydrogen-bond donors (Lipinski definition) is 2. The van der Waals surface area contributed by atoms with Crippen LogP contribution in [-0.4, -0.2) is 18.4 Å². The molecule has 8 heteroatoms. The van der Waals surface area contributed by atoms with Crippen molar-refractivity contribution in [2.24, 2.45) is 0 Å². The molecule has 0 saturated heterocycles. The van der Waals surface area contributed by atoms with Crippen LogP contribution in [0.25, 0.3) is 22.2 Å². The van der Waals surface area contributed by atoms with Crippen LogP contribution in [-0.2, 0) is 10.0 Å². The van der Waals surface area contributed by atoms with Crippen LogP contribution in [0.15, 0.2) is 77.7 Å². The number of hydrazine groups is 1. The number of halogens is 1. The van der Waals surface area contributed by atoms with E-state index in [1.807, 2.05) is 37.3 Å². The smallest absolute Gasteiger partial charge is 0.257 e. The van der Waals surface area contributed by atoms with E-state index in [9.17, 15) is 8.42 Å². The fourth-order valence-corrected chi connectivity index (χ4v) is 3.87. The molecule has 4 aromatic rings. The molecule has 0 atom stereocenters. The van der Waals surface area contributed by atoms with Gasteiger partial charge in [-0.15, -0.1) is 4.83 Å². The molecule has 0 unspecified atom stereocenters. The second-order valence-corrected chi connectivity index (χ2v) is 8.59. The Balaban J connectivity index is 1.71. The fourth-order valence-electron chi connectivity index (χ4n) is 2.86. The van der Waals surface area contributed by atoms with E-state index < -0.39 is 10.0 Å². The van der Waals surface area contributed by atoms with Gasteiger partial charge in [-0.3, -0.25) is 5.43 Å². The minimum Gasteiger partial charge on any atom is -0.276 e. The van der Waals surface area contributed by atoms with Crippen LogP contribution in [0.5, 0.6) is 0 Å². The normalized spacial score (nSPS) is 11.5. The fraction of sp³-hybridized carbons (Fsp3) is 0.0476. The standard InChI is InChI=1S/C21H17ClN4O2S/c1-14-7-10-17(11-8-14)29(27,28)26-25-21-23-19-12-9-16(22)13-18(19)20(24-21)15-5-3-2-4-6-15/h2-13,26H,1H3,(H,23,24,25). The number of aryl methyl sites for hydroxylation is 1. The third-order valence-corrected chi connectivity index (χ3v) is 5.83. The van der Waals surface area contributed by atoms with Crippen LogP contribution in [0.4, 0.5) is 5.95 Å². The first-order valence-corrected chi connectivity index (χ1v) is 10.7. The average Bonchev–Trinajstić information content (AvgIpc) is 2.73. The third kappa shape index (κ3) is 4.22. The van der Waals surface area contributed by atoms with Crippen LogP contribution in [0.3, 0.4) is 0 Å². The highest BCUT2D eigenvalue weighted by molar-refractivity contribution is 7.89. The zero-order valence-electron chi connectivity index (χ0n) is 15.4. The summed E-state index contributed by atoms with van der Waals surface area (Å²) in [6.07, 6.45) is 0. The van der Waals surface area contributed by atoms with Crippen molar-refractivity contribution in [1.29, 1.82) is 0 Å². The first-order chi connectivity index (χ1) is 13.9. The molecule has 146 valence electrons. The van der Waals surface area contributed by atoms with Gasteiger partial charge in [0.05, 0.1) is 16.1 Å². The number of anilines is 1. The number of hydrogen-bond acceptors (Lipinski definition) is 5. The van der Waals surface area contributed by atoms with Crippen molar-refractivity contribution >= 4 is 38.5 Å². The minimum absolute atomic E-state index is 0.134. The Bertz CT molecular complexity index is 1280. The Morgan fingerprint density at radius 1 is 0.897 bits per heavy atom. The van der Waals surface area contributed by atoms with Crippen LogP contribution >= 0.6 is 11.6 Å². The number of nitrogens with one attached hydrogen (secondary N) is 2. The molecule has 0 aliphatic heterocycles. The van der Waals surface area contributed by atoms with Crippen LogP contribution < -0.4 is 10.3 Å². The first-order valence-electron chi connectivity index (χ1n) is 8.80. The maximum absolute atomic E-state index is 12.5. The van der Waals surface area contributed by atoms with E-state index in [1.54, 1.807) is 30.3 Å². The van der Waals surface area contributed by atoms with Crippen molar-refractivity contribution in [2.75, 3.05) is 5.43 Å². The molecule has 29 heavy (non-hydrogen) atoms. The van der Waals surface area contributed by atoms with Crippen molar-refractivity contribution in [1.82, 2.24) is 14.8 Å². The molecule has 0 aliphatic rings. The first kappa shape index (κ1) is 19.3. The zero-order chi connectivity index (χ0) is 20.4. The summed E-state index contributed by atoms with van der Waals surface area (Å²) < 4.78 is 25.1. The predicted octanol–water partition coefficient (Wildman–Crippen LogP) is 4.56. The summed E-state index contributed by atoms with van der Waals surface area (Å²) in [5, 5.41) is 1.34. The molecule has 0 bridgehead atoms. The van der Waals surface area contributed by atoms with Gasteiger partial charge in [-0.2, -0.15) is 0 Å². The van der Waals surface area contributed by atoms with Crippen LogP contribution in [0.2, 0.25) is 5.02 Å². The summed E-state index contributed by atoms with van der Waals surface area (Å²) >= 11 is 6.15. The summed E-state index contributed by atoms with van der Waals surface area (Å²) in [4.78, 5) is 11.4. The zero-order valence-corrected chi connectivity index (χ0v) is 17.0. The number of nitrogens with zero attached hydrogens (tertiary/aromatic N) is 2. The molecule has 3 aromatic carbocycles. The lowest BCUT2D eigenvalue weighted by Crippen LogP contribution is -2.30. The van der Waals surface area contributed by atoms with Crippen LogP contribution in [0.1, 0.15) is 5.56 Å². The number of benzene rings is 3. The number of sulfonamides is 1. The van der Waals surface area contributed by atoms with E-state index in [0.29, 0.717) is 16.2 Å². The third-order valence-electron chi connectivity index (χ3n) is 4.33. The summed E-state index contributed by atoms with van der Waals surface area (Å²) in [6, 6.07) is 21.4. The van der Waals surface area contributed by atoms with E-state index in [0.717, 1.165) is 16.5 Å². The van der Waals surface area contributed by atoms with E-state index in [2.05, 4.69) is 20.2 Å². The lowest BCUT2D eigenvalue weighted by atomic mass is 10.1. The van der Waals surface area contributed by atoms with Crippen molar-refractivity contribution < 1.29 is 8.42 Å². The molecule has 6 nitrogen and oxygen atoms in total. The molecule has 2 N–H and O–H groups in total. The van der Waals surface area contributed by atoms with E-state index in [-0.39, 0.29) is 10.8 Å². The SMILES string of the molecule is Cc1ccc(S(=O)(=O)NNc2nc(-c3ccccc3)c3cc(Cl)ccc3n2)cc1. The van der Waals surface area contributed by atoms with Crippen LogP contribution in [0, 0.1) is 6.92 Å². The second kappa shape index (κ2) is 7.79. The second-order valence-electron chi connectivity index (χ2n) is 6.47. The van der Waals surface area contributed by atoms with E-state index in [1.165, 1.54) is 12.1 Å². The number of aromatic nitrogens is 2. The summed E-state index contributed by atoms with van der Waals surface area (Å²) in [6.45, 7) is 1.89. The maximum atomic E-state index is 12.5. The highest BCUT2D eigenvalue weighted by Gasteiger charge is 2.15. The Morgan fingerprint density at radius 3 is 2.34 bits per heavy atom. The molecule has 1 aromatic heterocycles. The molecule has 0 spiro atoms. The molecule has 0 saturated carbocycles. The monoisotopic (exact) mass is 424 g/mol. The topological polar surface area (TPSA) is 84.0 Å². The molecule has 0 radical (unpaired) electrons. The van der Waals surface area contributed by atoms with Gasteiger partial charge >= 0.3 is 0 Å². The molecule has 0 aliphatic carbocycles. The highest BCUT2D eigenvalue weighted by atomic mass is 35.5. The molecule has 0 amide bonds. The molecular weight excluding hydrogens is 408 g/mol. The molecule has 1 heterocycles. The van der Waals surface area contributed by atoms with Gasteiger partial charge in [-0.1, -0.05) is 59.6 Å². The quantitative estimate of drug-likeness (QED) is 0.458.